The lowest BCUT2D eigenvalue weighted by atomic mass is 9.84. The van der Waals surface area contributed by atoms with Gasteiger partial charge in [0.15, 0.2) is 5.58 Å². The topological polar surface area (TPSA) is 30.1 Å². The SMILES string of the molecule is C1=CC(C2=CC(c3ccccc3)NC(c3cccc4oc5c(-n6c7ccc(-c8ccccc8)cc7c7cc(-c8ccccc8)ccc76)cccc5c34)C2)=CCC1. The predicted molar refractivity (Wildman–Crippen MR) is 233 cm³/mol. The highest BCUT2D eigenvalue weighted by Crippen LogP contribution is 2.44. The minimum atomic E-state index is 0.101. The second-order valence-corrected chi connectivity index (χ2v) is 15.2. The molecule has 0 bridgehead atoms. The van der Waals surface area contributed by atoms with Gasteiger partial charge in [0.25, 0.3) is 0 Å². The van der Waals surface area contributed by atoms with E-state index < -0.39 is 0 Å². The molecule has 0 saturated carbocycles. The molecule has 1 aliphatic carbocycles. The van der Waals surface area contributed by atoms with E-state index in [0.29, 0.717) is 0 Å². The van der Waals surface area contributed by atoms with E-state index in [1.807, 2.05) is 0 Å². The summed E-state index contributed by atoms with van der Waals surface area (Å²) in [6.07, 6.45) is 12.6. The zero-order chi connectivity index (χ0) is 37.0. The van der Waals surface area contributed by atoms with Gasteiger partial charge >= 0.3 is 0 Å². The number of furan rings is 1. The van der Waals surface area contributed by atoms with E-state index in [-0.39, 0.29) is 12.1 Å². The van der Waals surface area contributed by atoms with Crippen LogP contribution in [0.5, 0.6) is 0 Å². The van der Waals surface area contributed by atoms with Crippen LogP contribution in [0, 0.1) is 0 Å². The van der Waals surface area contributed by atoms with Gasteiger partial charge in [-0.15, -0.1) is 0 Å². The van der Waals surface area contributed by atoms with Crippen LogP contribution in [0.4, 0.5) is 0 Å². The van der Waals surface area contributed by atoms with Crippen LogP contribution >= 0.6 is 0 Å². The first-order chi connectivity index (χ1) is 27.8. The molecule has 3 nitrogen and oxygen atoms in total. The van der Waals surface area contributed by atoms with Gasteiger partial charge in [0.2, 0.25) is 0 Å². The Kier molecular flexibility index (Phi) is 7.93. The third kappa shape index (κ3) is 5.54. The molecule has 7 aromatic carbocycles. The van der Waals surface area contributed by atoms with Crippen LogP contribution in [0.1, 0.15) is 42.5 Å². The average molecular weight is 721 g/mol. The number of para-hydroxylation sites is 1. The Bertz CT molecular complexity index is 2920. The third-order valence-corrected chi connectivity index (χ3v) is 11.8. The van der Waals surface area contributed by atoms with Crippen molar-refractivity contribution in [3.8, 4) is 27.9 Å². The summed E-state index contributed by atoms with van der Waals surface area (Å²) in [6, 6.07) is 59.4. The molecule has 11 rings (SSSR count). The minimum Gasteiger partial charge on any atom is -0.454 e. The molecule has 268 valence electrons. The summed E-state index contributed by atoms with van der Waals surface area (Å²) in [5, 5.41) is 8.81. The molecule has 2 atom stereocenters. The summed E-state index contributed by atoms with van der Waals surface area (Å²) in [5.41, 5.74) is 15.3. The Hall–Kier alpha value is -6.68. The highest BCUT2D eigenvalue weighted by Gasteiger charge is 2.28. The van der Waals surface area contributed by atoms with Crippen molar-refractivity contribution in [1.82, 2.24) is 9.88 Å². The van der Waals surface area contributed by atoms with Crippen molar-refractivity contribution in [3.63, 3.8) is 0 Å². The van der Waals surface area contributed by atoms with Crippen molar-refractivity contribution in [2.24, 2.45) is 0 Å². The van der Waals surface area contributed by atoms with Crippen LogP contribution in [0.3, 0.4) is 0 Å². The first-order valence-electron chi connectivity index (χ1n) is 19.8. The maximum Gasteiger partial charge on any atom is 0.159 e. The van der Waals surface area contributed by atoms with Gasteiger partial charge in [-0.05, 0) is 100 Å². The molecule has 0 radical (unpaired) electrons. The van der Waals surface area contributed by atoms with Gasteiger partial charge in [0.1, 0.15) is 5.58 Å². The van der Waals surface area contributed by atoms with Gasteiger partial charge in [0.05, 0.1) is 22.8 Å². The van der Waals surface area contributed by atoms with Gasteiger partial charge in [0, 0.05) is 27.6 Å². The molecular formula is C53H40N2O. The van der Waals surface area contributed by atoms with E-state index in [4.69, 9.17) is 4.42 Å². The molecule has 9 aromatic rings. The second kappa shape index (κ2) is 13.6. The lowest BCUT2D eigenvalue weighted by molar-refractivity contribution is 0.468. The maximum absolute atomic E-state index is 6.99. The largest absolute Gasteiger partial charge is 0.454 e. The summed E-state index contributed by atoms with van der Waals surface area (Å²) in [5.74, 6) is 0. The number of rotatable bonds is 6. The molecule has 2 unspecified atom stereocenters. The van der Waals surface area contributed by atoms with Gasteiger partial charge in [-0.3, -0.25) is 5.32 Å². The number of hydrogen-bond donors (Lipinski definition) is 1. The monoisotopic (exact) mass is 720 g/mol. The molecule has 1 aliphatic heterocycles. The fourth-order valence-electron chi connectivity index (χ4n) is 9.16. The van der Waals surface area contributed by atoms with E-state index in [1.165, 1.54) is 60.7 Å². The number of fused-ring (bicyclic) bond motifs is 6. The normalized spacial score (nSPS) is 17.1. The molecule has 0 amide bonds. The molecule has 0 fully saturated rings. The molecular weight excluding hydrogens is 681 g/mol. The quantitative estimate of drug-likeness (QED) is 0.185. The highest BCUT2D eigenvalue weighted by atomic mass is 16.3. The fourth-order valence-corrected chi connectivity index (χ4v) is 9.16. The molecule has 3 heterocycles. The van der Waals surface area contributed by atoms with Crippen molar-refractivity contribution in [2.45, 2.75) is 31.3 Å². The lowest BCUT2D eigenvalue weighted by Crippen LogP contribution is -2.30. The smallest absolute Gasteiger partial charge is 0.159 e. The molecule has 0 spiro atoms. The Labute approximate surface area is 326 Å². The Morgan fingerprint density at radius 3 is 1.89 bits per heavy atom. The number of hydrogen-bond acceptors (Lipinski definition) is 2. The highest BCUT2D eigenvalue weighted by molar-refractivity contribution is 6.14. The van der Waals surface area contributed by atoms with Crippen molar-refractivity contribution in [2.75, 3.05) is 0 Å². The summed E-state index contributed by atoms with van der Waals surface area (Å²) >= 11 is 0. The average Bonchev–Trinajstić information content (AvgIpc) is 3.83. The second-order valence-electron chi connectivity index (χ2n) is 15.2. The fraction of sp³-hybridized carbons (Fsp3) is 0.0943. The predicted octanol–water partition coefficient (Wildman–Crippen LogP) is 14.0. The van der Waals surface area contributed by atoms with E-state index in [0.717, 1.165) is 52.5 Å². The number of nitrogens with zero attached hydrogens (tertiary/aromatic N) is 1. The van der Waals surface area contributed by atoms with Crippen LogP contribution in [-0.2, 0) is 0 Å². The molecule has 3 heteroatoms. The van der Waals surface area contributed by atoms with Crippen molar-refractivity contribution in [3.05, 3.63) is 210 Å². The molecule has 2 aliphatic rings. The van der Waals surface area contributed by atoms with Crippen LogP contribution < -0.4 is 5.32 Å². The molecule has 0 saturated heterocycles. The van der Waals surface area contributed by atoms with Crippen LogP contribution in [0.2, 0.25) is 0 Å². The zero-order valence-corrected chi connectivity index (χ0v) is 31.0. The standard InChI is InChI=1S/C53H40N2O/c1-5-15-35(16-6-1)39-27-29-48-44(31-39)45-32-40(36-17-7-2-8-18-36)28-30-49(45)55(48)50-25-13-24-43-52-42(23-14-26-51(52)56-53(43)50)47-34-41(37-19-9-3-10-20-37)33-46(54-47)38-21-11-4-12-22-38/h1-2,4-9,11-33,46-47,54H,3,10,34H2. The van der Waals surface area contributed by atoms with Crippen LogP contribution in [-0.4, -0.2) is 4.57 Å². The minimum absolute atomic E-state index is 0.101. The van der Waals surface area contributed by atoms with E-state index in [1.54, 1.807) is 0 Å². The number of aromatic nitrogens is 1. The van der Waals surface area contributed by atoms with Crippen LogP contribution in [0.25, 0.3) is 71.7 Å². The third-order valence-electron chi connectivity index (χ3n) is 11.8. The Morgan fingerprint density at radius 1 is 0.571 bits per heavy atom. The summed E-state index contributed by atoms with van der Waals surface area (Å²) < 4.78 is 9.40. The Morgan fingerprint density at radius 2 is 1.23 bits per heavy atom. The van der Waals surface area contributed by atoms with Gasteiger partial charge in [-0.2, -0.15) is 0 Å². The number of benzene rings is 7. The Balaban J connectivity index is 1.10. The maximum atomic E-state index is 6.99. The number of nitrogens with one attached hydrogen (secondary N) is 1. The van der Waals surface area contributed by atoms with Gasteiger partial charge in [-0.25, -0.2) is 0 Å². The van der Waals surface area contributed by atoms with E-state index >= 15 is 0 Å². The summed E-state index contributed by atoms with van der Waals surface area (Å²) in [6.45, 7) is 0. The first-order valence-corrected chi connectivity index (χ1v) is 19.8. The lowest BCUT2D eigenvalue weighted by Gasteiger charge is -2.32. The van der Waals surface area contributed by atoms with Crippen molar-refractivity contribution in [1.29, 1.82) is 0 Å². The zero-order valence-electron chi connectivity index (χ0n) is 31.0. The van der Waals surface area contributed by atoms with Crippen molar-refractivity contribution >= 4 is 43.7 Å². The first kappa shape index (κ1) is 32.7. The summed E-state index contributed by atoms with van der Waals surface area (Å²) in [7, 11) is 0. The van der Waals surface area contributed by atoms with Gasteiger partial charge in [-0.1, -0.05) is 152 Å². The summed E-state index contributed by atoms with van der Waals surface area (Å²) in [4.78, 5) is 0. The van der Waals surface area contributed by atoms with Gasteiger partial charge < -0.3 is 8.98 Å². The molecule has 1 N–H and O–H groups in total. The van der Waals surface area contributed by atoms with Crippen molar-refractivity contribution < 1.29 is 4.42 Å². The molecule has 56 heavy (non-hydrogen) atoms. The van der Waals surface area contributed by atoms with E-state index in [2.05, 4.69) is 198 Å². The van der Waals surface area contributed by atoms with Crippen LogP contribution in [0.15, 0.2) is 204 Å². The number of allylic oxidation sites excluding steroid dienone is 4. The molecule has 2 aromatic heterocycles. The van der Waals surface area contributed by atoms with E-state index in [9.17, 15) is 0 Å².